The molecule has 3 aromatic heterocycles. The van der Waals surface area contributed by atoms with E-state index in [9.17, 15) is 0 Å². The number of aromatic amines is 1. The topological polar surface area (TPSA) is 66.5 Å². The molecule has 98 valence electrons. The van der Waals surface area contributed by atoms with E-state index in [-0.39, 0.29) is 0 Å². The lowest BCUT2D eigenvalue weighted by molar-refractivity contribution is 0.955. The van der Waals surface area contributed by atoms with Crippen molar-refractivity contribution in [3.8, 4) is 10.6 Å². The fraction of sp³-hybridized carbons (Fsp3) is 0.250. The Bertz CT molecular complexity index is 705. The molecule has 2 N–H and O–H groups in total. The highest BCUT2D eigenvalue weighted by molar-refractivity contribution is 9.10. The van der Waals surface area contributed by atoms with E-state index in [4.69, 9.17) is 0 Å². The predicted octanol–water partition coefficient (Wildman–Crippen LogP) is 3.67. The van der Waals surface area contributed by atoms with Crippen LogP contribution < -0.4 is 5.32 Å². The lowest BCUT2D eigenvalue weighted by Crippen LogP contribution is -2.05. The predicted molar refractivity (Wildman–Crippen MR) is 81.5 cm³/mol. The summed E-state index contributed by atoms with van der Waals surface area (Å²) in [5, 5.41) is 13.2. The number of H-pyrrole nitrogens is 1. The maximum atomic E-state index is 4.61. The first-order valence-electron chi connectivity index (χ1n) is 5.98. The minimum absolute atomic E-state index is 0.633. The minimum Gasteiger partial charge on any atom is -0.354 e. The van der Waals surface area contributed by atoms with Crippen LogP contribution in [0.2, 0.25) is 0 Å². The van der Waals surface area contributed by atoms with Crippen molar-refractivity contribution in [1.29, 1.82) is 0 Å². The number of nitrogens with one attached hydrogen (secondary N) is 2. The molecule has 0 amide bonds. The molecule has 0 aliphatic rings. The minimum atomic E-state index is 0.633. The first kappa shape index (κ1) is 12.6. The Morgan fingerprint density at radius 3 is 3.05 bits per heavy atom. The molecule has 0 fully saturated rings. The zero-order valence-corrected chi connectivity index (χ0v) is 12.7. The quantitative estimate of drug-likeness (QED) is 0.762. The van der Waals surface area contributed by atoms with Crippen molar-refractivity contribution in [2.75, 3.05) is 11.9 Å². The fourth-order valence-electron chi connectivity index (χ4n) is 1.79. The fourth-order valence-corrected chi connectivity index (χ4v) is 3.35. The van der Waals surface area contributed by atoms with Crippen molar-refractivity contribution in [3.63, 3.8) is 0 Å². The Morgan fingerprint density at radius 1 is 1.42 bits per heavy atom. The van der Waals surface area contributed by atoms with E-state index in [1.165, 1.54) is 0 Å². The van der Waals surface area contributed by atoms with E-state index in [0.29, 0.717) is 5.95 Å². The summed E-state index contributed by atoms with van der Waals surface area (Å²) >= 11 is 5.20. The monoisotopic (exact) mass is 337 g/mol. The van der Waals surface area contributed by atoms with Crippen LogP contribution in [0.1, 0.15) is 13.3 Å². The molecule has 3 aromatic rings. The zero-order valence-electron chi connectivity index (χ0n) is 10.3. The Hall–Kier alpha value is -1.47. The smallest absolute Gasteiger partial charge is 0.225 e. The summed E-state index contributed by atoms with van der Waals surface area (Å²) in [4.78, 5) is 10.1. The van der Waals surface area contributed by atoms with Crippen LogP contribution in [0.15, 0.2) is 22.1 Å². The van der Waals surface area contributed by atoms with Crippen LogP contribution in [0.3, 0.4) is 0 Å². The molecular weight excluding hydrogens is 326 g/mol. The molecule has 0 saturated carbocycles. The third-order valence-electron chi connectivity index (χ3n) is 2.68. The molecule has 0 spiro atoms. The van der Waals surface area contributed by atoms with Crippen molar-refractivity contribution in [2.45, 2.75) is 13.3 Å². The summed E-state index contributed by atoms with van der Waals surface area (Å²) in [7, 11) is 0. The van der Waals surface area contributed by atoms with Gasteiger partial charge in [-0.15, -0.1) is 11.3 Å². The summed E-state index contributed by atoms with van der Waals surface area (Å²) in [5.74, 6) is 0.633. The van der Waals surface area contributed by atoms with Crippen LogP contribution >= 0.6 is 27.3 Å². The first-order valence-corrected chi connectivity index (χ1v) is 7.65. The van der Waals surface area contributed by atoms with Gasteiger partial charge < -0.3 is 5.32 Å². The van der Waals surface area contributed by atoms with Gasteiger partial charge in [-0.2, -0.15) is 10.1 Å². The van der Waals surface area contributed by atoms with Crippen LogP contribution in [-0.2, 0) is 0 Å². The van der Waals surface area contributed by atoms with Gasteiger partial charge in [0.1, 0.15) is 0 Å². The van der Waals surface area contributed by atoms with Crippen molar-refractivity contribution in [1.82, 2.24) is 20.2 Å². The zero-order chi connectivity index (χ0) is 13.2. The van der Waals surface area contributed by atoms with Gasteiger partial charge in [-0.25, -0.2) is 4.98 Å². The van der Waals surface area contributed by atoms with Crippen molar-refractivity contribution < 1.29 is 0 Å². The number of anilines is 1. The summed E-state index contributed by atoms with van der Waals surface area (Å²) in [6, 6.07) is 2.02. The van der Waals surface area contributed by atoms with Gasteiger partial charge in [0.15, 0.2) is 5.65 Å². The molecule has 0 bridgehead atoms. The van der Waals surface area contributed by atoms with Crippen LogP contribution in [0.4, 0.5) is 5.95 Å². The first-order chi connectivity index (χ1) is 9.29. The molecule has 0 radical (unpaired) electrons. The molecular formula is C12H12BrN5S. The van der Waals surface area contributed by atoms with Crippen molar-refractivity contribution in [2.24, 2.45) is 0 Å². The average Bonchev–Trinajstić information content (AvgIpc) is 3.03. The van der Waals surface area contributed by atoms with Crippen LogP contribution in [0.5, 0.6) is 0 Å². The number of hydrogen-bond donors (Lipinski definition) is 2. The number of halogens is 1. The highest BCUT2D eigenvalue weighted by Crippen LogP contribution is 2.36. The van der Waals surface area contributed by atoms with Gasteiger partial charge in [0.2, 0.25) is 5.95 Å². The molecule has 0 atom stereocenters. The van der Waals surface area contributed by atoms with Crippen LogP contribution in [-0.4, -0.2) is 26.7 Å². The number of aromatic nitrogens is 4. The lowest BCUT2D eigenvalue weighted by Gasteiger charge is -2.06. The maximum absolute atomic E-state index is 4.61. The third-order valence-corrected chi connectivity index (χ3v) is 4.52. The lowest BCUT2D eigenvalue weighted by atomic mass is 10.2. The molecule has 19 heavy (non-hydrogen) atoms. The highest BCUT2D eigenvalue weighted by atomic mass is 79.9. The Morgan fingerprint density at radius 2 is 2.32 bits per heavy atom. The number of fused-ring (bicyclic) bond motifs is 1. The van der Waals surface area contributed by atoms with E-state index in [1.54, 1.807) is 17.5 Å². The number of hydrogen-bond acceptors (Lipinski definition) is 5. The van der Waals surface area contributed by atoms with Crippen LogP contribution in [0, 0.1) is 0 Å². The van der Waals surface area contributed by atoms with E-state index in [1.807, 2.05) is 11.4 Å². The van der Waals surface area contributed by atoms with Crippen molar-refractivity contribution in [3.05, 3.63) is 22.1 Å². The summed E-state index contributed by atoms with van der Waals surface area (Å²) < 4.78 is 1.04. The molecule has 7 heteroatoms. The average molecular weight is 338 g/mol. The van der Waals surface area contributed by atoms with Gasteiger partial charge in [-0.1, -0.05) is 6.92 Å². The van der Waals surface area contributed by atoms with E-state index < -0.39 is 0 Å². The van der Waals surface area contributed by atoms with E-state index in [0.717, 1.165) is 39.0 Å². The summed E-state index contributed by atoms with van der Waals surface area (Å²) in [6.45, 7) is 2.96. The molecule has 0 saturated heterocycles. The van der Waals surface area contributed by atoms with Crippen LogP contribution in [0.25, 0.3) is 21.6 Å². The van der Waals surface area contributed by atoms with Crippen molar-refractivity contribution >= 4 is 44.2 Å². The Balaban J connectivity index is 2.16. The normalized spacial score (nSPS) is 11.1. The molecule has 0 aromatic carbocycles. The van der Waals surface area contributed by atoms with Gasteiger partial charge in [-0.3, -0.25) is 5.10 Å². The molecule has 3 rings (SSSR count). The second-order valence-corrected chi connectivity index (χ2v) is 5.82. The van der Waals surface area contributed by atoms with Gasteiger partial charge in [0.05, 0.1) is 22.2 Å². The maximum Gasteiger partial charge on any atom is 0.225 e. The number of rotatable bonds is 4. The van der Waals surface area contributed by atoms with Gasteiger partial charge in [-0.05, 0) is 33.8 Å². The van der Waals surface area contributed by atoms with Gasteiger partial charge >= 0.3 is 0 Å². The Labute approximate surface area is 122 Å². The summed E-state index contributed by atoms with van der Waals surface area (Å²) in [6.07, 6.45) is 2.79. The third kappa shape index (κ3) is 2.35. The molecule has 0 unspecified atom stereocenters. The SMILES string of the molecule is CCCNc1nc(-c2sccc2Br)c2cn[nH]c2n1. The second-order valence-electron chi connectivity index (χ2n) is 4.05. The Kier molecular flexibility index (Phi) is 3.48. The van der Waals surface area contributed by atoms with Gasteiger partial charge in [0.25, 0.3) is 0 Å². The van der Waals surface area contributed by atoms with Gasteiger partial charge in [0, 0.05) is 11.0 Å². The summed E-state index contributed by atoms with van der Waals surface area (Å²) in [5.41, 5.74) is 1.66. The molecule has 5 nitrogen and oxygen atoms in total. The van der Waals surface area contributed by atoms with E-state index in [2.05, 4.69) is 48.3 Å². The molecule has 0 aliphatic carbocycles. The molecule has 3 heterocycles. The van der Waals surface area contributed by atoms with E-state index >= 15 is 0 Å². The number of nitrogens with zero attached hydrogens (tertiary/aromatic N) is 3. The highest BCUT2D eigenvalue weighted by Gasteiger charge is 2.14. The number of thiophene rings is 1. The standard InChI is InChI=1S/C12H12BrN5S/c1-2-4-14-12-16-9(10-8(13)3-5-19-10)7-6-15-18-11(7)17-12/h3,5-6H,2,4H2,1H3,(H2,14,15,16,17,18). The molecule has 0 aliphatic heterocycles. The largest absolute Gasteiger partial charge is 0.354 e. The second kappa shape index (κ2) is 5.26.